The molecule has 1 fully saturated rings. The van der Waals surface area contributed by atoms with Gasteiger partial charge in [0.1, 0.15) is 10.8 Å². The molecule has 1 aromatic heterocycles. The van der Waals surface area contributed by atoms with E-state index in [1.807, 2.05) is 0 Å². The minimum absolute atomic E-state index is 0.187. The molecule has 11 heteroatoms. The van der Waals surface area contributed by atoms with Gasteiger partial charge in [-0.15, -0.1) is 24.5 Å². The number of rotatable bonds is 9. The highest BCUT2D eigenvalue weighted by Gasteiger charge is 2.31. The van der Waals surface area contributed by atoms with E-state index in [9.17, 15) is 18.0 Å². The highest BCUT2D eigenvalue weighted by molar-refractivity contribution is 7.18. The maximum Gasteiger partial charge on any atom is 0.573 e. The summed E-state index contributed by atoms with van der Waals surface area (Å²) in [4.78, 5) is 19.9. The lowest BCUT2D eigenvalue weighted by Gasteiger charge is -2.26. The standard InChI is InChI=1S/C22H25F3N4O3S/c1-3-26-21-18(15(2)28-16-4-6-17(7-5-16)32-22(23,24)25)14-19(33-21)20(30)27-8-9-29-10-12-31-13-11-29/h3-7,14,26H,1,8-13H2,2H3,(H,27,30). The Morgan fingerprint density at radius 2 is 2.00 bits per heavy atom. The van der Waals surface area contributed by atoms with Crippen molar-refractivity contribution in [1.82, 2.24) is 10.2 Å². The average molecular weight is 483 g/mol. The van der Waals surface area contributed by atoms with E-state index in [0.717, 1.165) is 19.6 Å². The van der Waals surface area contributed by atoms with Gasteiger partial charge in [-0.25, -0.2) is 0 Å². The summed E-state index contributed by atoms with van der Waals surface area (Å²) < 4.78 is 46.2. The smallest absolute Gasteiger partial charge is 0.406 e. The van der Waals surface area contributed by atoms with Gasteiger partial charge >= 0.3 is 6.36 Å². The number of ether oxygens (including phenoxy) is 2. The van der Waals surface area contributed by atoms with Crippen LogP contribution in [0.3, 0.4) is 0 Å². The van der Waals surface area contributed by atoms with Crippen LogP contribution in [0.15, 0.2) is 48.1 Å². The molecule has 0 radical (unpaired) electrons. The third kappa shape index (κ3) is 7.58. The number of nitrogens with one attached hydrogen (secondary N) is 2. The van der Waals surface area contributed by atoms with Gasteiger partial charge in [0.05, 0.1) is 23.8 Å². The first-order valence-electron chi connectivity index (χ1n) is 10.3. The molecule has 0 spiro atoms. The third-order valence-corrected chi connectivity index (χ3v) is 5.83. The molecule has 178 valence electrons. The second-order valence-electron chi connectivity index (χ2n) is 7.15. The zero-order valence-corrected chi connectivity index (χ0v) is 18.9. The predicted molar refractivity (Wildman–Crippen MR) is 123 cm³/mol. The second kappa shape index (κ2) is 11.3. The van der Waals surface area contributed by atoms with Gasteiger partial charge in [0, 0.05) is 37.5 Å². The molecule has 3 rings (SSSR count). The zero-order chi connectivity index (χ0) is 23.8. The maximum atomic E-state index is 12.6. The predicted octanol–water partition coefficient (Wildman–Crippen LogP) is 4.40. The molecule has 33 heavy (non-hydrogen) atoms. The molecule has 1 amide bonds. The first-order chi connectivity index (χ1) is 15.7. The van der Waals surface area contributed by atoms with Crippen molar-refractivity contribution in [3.8, 4) is 5.75 Å². The Hall–Kier alpha value is -2.89. The summed E-state index contributed by atoms with van der Waals surface area (Å²) in [6.45, 7) is 9.81. The first kappa shape index (κ1) is 24.7. The molecule has 2 aromatic rings. The van der Waals surface area contributed by atoms with Crippen LogP contribution in [0.2, 0.25) is 0 Å². The number of anilines is 1. The number of halogens is 3. The molecule has 0 atom stereocenters. The Morgan fingerprint density at radius 3 is 2.64 bits per heavy atom. The average Bonchev–Trinajstić information content (AvgIpc) is 3.19. The topological polar surface area (TPSA) is 75.2 Å². The summed E-state index contributed by atoms with van der Waals surface area (Å²) in [5.41, 5.74) is 1.75. The molecular formula is C22H25F3N4O3S. The molecule has 1 aromatic carbocycles. The summed E-state index contributed by atoms with van der Waals surface area (Å²) in [6, 6.07) is 6.99. The van der Waals surface area contributed by atoms with Crippen molar-refractivity contribution in [3.05, 3.63) is 53.6 Å². The Balaban J connectivity index is 1.68. The fourth-order valence-electron chi connectivity index (χ4n) is 3.19. The number of morpholine rings is 1. The van der Waals surface area contributed by atoms with Crippen molar-refractivity contribution in [2.75, 3.05) is 44.7 Å². The van der Waals surface area contributed by atoms with Crippen molar-refractivity contribution >= 4 is 33.6 Å². The number of alkyl halides is 3. The molecule has 1 saturated heterocycles. The van der Waals surface area contributed by atoms with E-state index in [1.165, 1.54) is 41.8 Å². The molecule has 0 saturated carbocycles. The minimum Gasteiger partial charge on any atom is -0.406 e. The fraction of sp³-hybridized carbons (Fsp3) is 0.364. The van der Waals surface area contributed by atoms with Crippen LogP contribution in [-0.2, 0) is 4.74 Å². The van der Waals surface area contributed by atoms with Crippen LogP contribution >= 0.6 is 11.3 Å². The van der Waals surface area contributed by atoms with Crippen LogP contribution < -0.4 is 15.4 Å². The highest BCUT2D eigenvalue weighted by atomic mass is 32.1. The van der Waals surface area contributed by atoms with Crippen LogP contribution in [0.5, 0.6) is 5.75 Å². The molecule has 1 aliphatic rings. The summed E-state index contributed by atoms with van der Waals surface area (Å²) in [6.07, 6.45) is -3.24. The number of benzene rings is 1. The lowest BCUT2D eigenvalue weighted by Crippen LogP contribution is -2.41. The molecule has 2 N–H and O–H groups in total. The number of hydrogen-bond acceptors (Lipinski definition) is 7. The maximum absolute atomic E-state index is 12.6. The second-order valence-corrected chi connectivity index (χ2v) is 8.20. The number of hydrogen-bond donors (Lipinski definition) is 2. The summed E-state index contributed by atoms with van der Waals surface area (Å²) in [5, 5.41) is 6.64. The van der Waals surface area contributed by atoms with Crippen molar-refractivity contribution in [3.63, 3.8) is 0 Å². The number of carbonyl (C=O) groups excluding carboxylic acids is 1. The lowest BCUT2D eigenvalue weighted by atomic mass is 10.2. The fourth-order valence-corrected chi connectivity index (χ4v) is 4.21. The summed E-state index contributed by atoms with van der Waals surface area (Å²) in [5.74, 6) is -0.507. The van der Waals surface area contributed by atoms with Crippen molar-refractivity contribution in [1.29, 1.82) is 0 Å². The Kier molecular flexibility index (Phi) is 8.48. The van der Waals surface area contributed by atoms with Crippen molar-refractivity contribution < 1.29 is 27.4 Å². The van der Waals surface area contributed by atoms with Crippen LogP contribution in [-0.4, -0.2) is 62.3 Å². The number of thiophene rings is 1. The van der Waals surface area contributed by atoms with Crippen LogP contribution in [0.1, 0.15) is 22.2 Å². The van der Waals surface area contributed by atoms with E-state index in [4.69, 9.17) is 4.74 Å². The van der Waals surface area contributed by atoms with Gasteiger partial charge in [0.15, 0.2) is 0 Å². The normalized spacial score (nSPS) is 15.2. The zero-order valence-electron chi connectivity index (χ0n) is 18.1. The quantitative estimate of drug-likeness (QED) is 0.518. The van der Waals surface area contributed by atoms with Gasteiger partial charge < -0.3 is 20.1 Å². The highest BCUT2D eigenvalue weighted by Crippen LogP contribution is 2.31. The molecular weight excluding hydrogens is 457 g/mol. The molecule has 0 unspecified atom stereocenters. The van der Waals surface area contributed by atoms with Crippen molar-refractivity contribution in [2.45, 2.75) is 13.3 Å². The lowest BCUT2D eigenvalue weighted by molar-refractivity contribution is -0.274. The largest absolute Gasteiger partial charge is 0.573 e. The molecule has 1 aliphatic heterocycles. The monoisotopic (exact) mass is 482 g/mol. The van der Waals surface area contributed by atoms with E-state index in [2.05, 4.69) is 31.8 Å². The van der Waals surface area contributed by atoms with Crippen molar-refractivity contribution in [2.24, 2.45) is 4.99 Å². The van der Waals surface area contributed by atoms with Gasteiger partial charge in [-0.3, -0.25) is 14.7 Å². The van der Waals surface area contributed by atoms with E-state index in [0.29, 0.717) is 46.6 Å². The first-order valence-corrected chi connectivity index (χ1v) is 11.1. The van der Waals surface area contributed by atoms with Gasteiger partial charge in [-0.2, -0.15) is 0 Å². The van der Waals surface area contributed by atoms with Gasteiger partial charge in [0.25, 0.3) is 5.91 Å². The summed E-state index contributed by atoms with van der Waals surface area (Å²) >= 11 is 1.27. The molecule has 0 bridgehead atoms. The van der Waals surface area contributed by atoms with Gasteiger partial charge in [-0.1, -0.05) is 6.58 Å². The number of carbonyl (C=O) groups is 1. The van der Waals surface area contributed by atoms with E-state index in [1.54, 1.807) is 13.0 Å². The van der Waals surface area contributed by atoms with Crippen LogP contribution in [0.25, 0.3) is 0 Å². The SMILES string of the molecule is C=CNc1sc(C(=O)NCCN2CCOCC2)cc1C(C)=Nc1ccc(OC(F)(F)F)cc1. The van der Waals surface area contributed by atoms with Gasteiger partial charge in [-0.05, 0) is 43.5 Å². The minimum atomic E-state index is -4.75. The molecule has 0 aliphatic carbocycles. The summed E-state index contributed by atoms with van der Waals surface area (Å²) in [7, 11) is 0. The number of aliphatic imine (C=N–C) groups is 1. The molecule has 7 nitrogen and oxygen atoms in total. The van der Waals surface area contributed by atoms with Gasteiger partial charge in [0.2, 0.25) is 0 Å². The van der Waals surface area contributed by atoms with Crippen LogP contribution in [0.4, 0.5) is 23.9 Å². The Morgan fingerprint density at radius 1 is 1.30 bits per heavy atom. The van der Waals surface area contributed by atoms with E-state index < -0.39 is 6.36 Å². The number of amides is 1. The van der Waals surface area contributed by atoms with Crippen LogP contribution in [0, 0.1) is 0 Å². The molecule has 2 heterocycles. The van der Waals surface area contributed by atoms with E-state index in [-0.39, 0.29) is 11.7 Å². The Bertz CT molecular complexity index is 984. The number of nitrogens with zero attached hydrogens (tertiary/aromatic N) is 2. The third-order valence-electron chi connectivity index (χ3n) is 4.76. The Labute approximate surface area is 193 Å². The van der Waals surface area contributed by atoms with E-state index >= 15 is 0 Å².